The molecule has 2 aromatic carbocycles. The van der Waals surface area contributed by atoms with E-state index in [1.54, 1.807) is 0 Å². The topological polar surface area (TPSA) is 65.5 Å². The second-order valence-electron chi connectivity index (χ2n) is 14.7. The molecule has 5 aliphatic rings. The SMILES string of the molecule is CC(C)C1(C)C=CC2=C(C=C1)c1ccc(C3=NC(=O)c4c(-c5ccc6c(c5)CC5=C6C=CC(C)(C(C)C)C=C5)[nH]c(O)c43)cc1C2. The first-order valence-electron chi connectivity index (χ1n) is 16.5. The van der Waals surface area contributed by atoms with Gasteiger partial charge >= 0.3 is 0 Å². The molecule has 3 aromatic rings. The number of carbonyl (C=O) groups is 1. The van der Waals surface area contributed by atoms with Gasteiger partial charge in [-0.15, -0.1) is 0 Å². The highest BCUT2D eigenvalue weighted by molar-refractivity contribution is 6.30. The van der Waals surface area contributed by atoms with Gasteiger partial charge in [-0.25, -0.2) is 4.99 Å². The molecule has 2 N–H and O–H groups in total. The van der Waals surface area contributed by atoms with E-state index in [1.165, 1.54) is 44.5 Å². The third kappa shape index (κ3) is 4.19. The third-order valence-electron chi connectivity index (χ3n) is 11.4. The van der Waals surface area contributed by atoms with E-state index in [1.807, 2.05) is 6.07 Å². The summed E-state index contributed by atoms with van der Waals surface area (Å²) >= 11 is 0. The molecule has 230 valence electrons. The zero-order valence-corrected chi connectivity index (χ0v) is 27.5. The van der Waals surface area contributed by atoms with Gasteiger partial charge in [0.2, 0.25) is 0 Å². The number of nitrogens with zero attached hydrogens (tertiary/aromatic N) is 1. The maximum absolute atomic E-state index is 13.5. The van der Waals surface area contributed by atoms with Crippen molar-refractivity contribution in [3.8, 4) is 17.1 Å². The first-order valence-corrected chi connectivity index (χ1v) is 16.5. The highest BCUT2D eigenvalue weighted by atomic mass is 16.3. The van der Waals surface area contributed by atoms with E-state index in [-0.39, 0.29) is 22.6 Å². The van der Waals surface area contributed by atoms with Crippen LogP contribution in [-0.2, 0) is 12.8 Å². The molecule has 0 bridgehead atoms. The molecular weight excluding hydrogens is 564 g/mol. The van der Waals surface area contributed by atoms with Gasteiger partial charge in [-0.2, -0.15) is 0 Å². The van der Waals surface area contributed by atoms with Crippen molar-refractivity contribution < 1.29 is 9.90 Å². The predicted octanol–water partition coefficient (Wildman–Crippen LogP) is 9.57. The average molecular weight is 605 g/mol. The van der Waals surface area contributed by atoms with Crippen molar-refractivity contribution in [2.24, 2.45) is 27.7 Å². The third-order valence-corrected chi connectivity index (χ3v) is 11.4. The summed E-state index contributed by atoms with van der Waals surface area (Å²) in [5.41, 5.74) is 13.9. The van der Waals surface area contributed by atoms with Gasteiger partial charge in [0.15, 0.2) is 5.88 Å². The van der Waals surface area contributed by atoms with Crippen LogP contribution in [0.3, 0.4) is 0 Å². The van der Waals surface area contributed by atoms with Gasteiger partial charge in [-0.05, 0) is 86.9 Å². The van der Waals surface area contributed by atoms with Crippen LogP contribution in [0.15, 0.2) is 101 Å². The summed E-state index contributed by atoms with van der Waals surface area (Å²) in [4.78, 5) is 21.1. The summed E-state index contributed by atoms with van der Waals surface area (Å²) in [5.74, 6) is 0.675. The first kappa shape index (κ1) is 28.8. The number of fused-ring (bicyclic) bond motifs is 5. The number of rotatable bonds is 4. The molecule has 2 atom stereocenters. The Morgan fingerprint density at radius 2 is 1.22 bits per heavy atom. The van der Waals surface area contributed by atoms with Crippen LogP contribution in [0, 0.1) is 22.7 Å². The molecule has 2 unspecified atom stereocenters. The highest BCUT2D eigenvalue weighted by Gasteiger charge is 2.35. The van der Waals surface area contributed by atoms with Gasteiger partial charge < -0.3 is 10.1 Å². The lowest BCUT2D eigenvalue weighted by Gasteiger charge is -2.26. The van der Waals surface area contributed by atoms with Crippen LogP contribution in [0.2, 0.25) is 0 Å². The number of benzene rings is 2. The smallest absolute Gasteiger partial charge is 0.280 e. The monoisotopic (exact) mass is 604 g/mol. The van der Waals surface area contributed by atoms with Gasteiger partial charge in [-0.3, -0.25) is 4.79 Å². The molecule has 2 heterocycles. The first-order chi connectivity index (χ1) is 22.0. The average Bonchev–Trinajstić information content (AvgIpc) is 3.71. The second-order valence-corrected chi connectivity index (χ2v) is 14.7. The van der Waals surface area contributed by atoms with Crippen molar-refractivity contribution in [2.75, 3.05) is 0 Å². The minimum absolute atomic E-state index is 0.0175. The van der Waals surface area contributed by atoms with Crippen molar-refractivity contribution in [3.63, 3.8) is 0 Å². The van der Waals surface area contributed by atoms with E-state index >= 15 is 0 Å². The maximum Gasteiger partial charge on any atom is 0.280 e. The Hall–Kier alpha value is -4.70. The van der Waals surface area contributed by atoms with E-state index in [0.717, 1.165) is 24.0 Å². The second kappa shape index (κ2) is 9.90. The molecule has 46 heavy (non-hydrogen) atoms. The lowest BCUT2D eigenvalue weighted by atomic mass is 9.78. The van der Waals surface area contributed by atoms with Crippen molar-refractivity contribution >= 4 is 22.8 Å². The Kier molecular flexibility index (Phi) is 6.19. The Morgan fingerprint density at radius 3 is 1.76 bits per heavy atom. The Bertz CT molecular complexity index is 2100. The number of carbonyl (C=O) groups excluding carboxylic acids is 1. The van der Waals surface area contributed by atoms with Crippen molar-refractivity contribution in [3.05, 3.63) is 135 Å². The van der Waals surface area contributed by atoms with Crippen LogP contribution in [0.1, 0.15) is 85.3 Å². The lowest BCUT2D eigenvalue weighted by Crippen LogP contribution is -2.17. The van der Waals surface area contributed by atoms with Gasteiger partial charge in [0.05, 0.1) is 22.5 Å². The van der Waals surface area contributed by atoms with Crippen molar-refractivity contribution in [1.29, 1.82) is 0 Å². The van der Waals surface area contributed by atoms with Crippen LogP contribution in [0.4, 0.5) is 0 Å². The molecule has 0 saturated heterocycles. The summed E-state index contributed by atoms with van der Waals surface area (Å²) in [6.07, 6.45) is 20.1. The van der Waals surface area contributed by atoms with Crippen molar-refractivity contribution in [2.45, 2.75) is 54.4 Å². The fourth-order valence-corrected chi connectivity index (χ4v) is 7.48. The normalized spacial score (nSPS) is 24.0. The zero-order valence-electron chi connectivity index (χ0n) is 27.5. The summed E-state index contributed by atoms with van der Waals surface area (Å²) in [7, 11) is 0. The van der Waals surface area contributed by atoms with Gasteiger partial charge in [0, 0.05) is 16.4 Å². The fraction of sp³-hybridized carbons (Fsp3) is 0.286. The van der Waals surface area contributed by atoms with E-state index in [9.17, 15) is 9.90 Å². The Balaban J connectivity index is 1.10. The molecule has 1 aromatic heterocycles. The van der Waals surface area contributed by atoms with Gasteiger partial charge in [-0.1, -0.05) is 114 Å². The molecule has 0 radical (unpaired) electrons. The summed E-state index contributed by atoms with van der Waals surface area (Å²) in [6.45, 7) is 13.6. The maximum atomic E-state index is 13.5. The number of aromatic amines is 1. The molecule has 0 fully saturated rings. The molecule has 0 saturated carbocycles. The number of allylic oxidation sites excluding steroid dienone is 12. The van der Waals surface area contributed by atoms with Crippen molar-refractivity contribution in [1.82, 2.24) is 4.98 Å². The molecule has 4 nitrogen and oxygen atoms in total. The largest absolute Gasteiger partial charge is 0.494 e. The highest BCUT2D eigenvalue weighted by Crippen LogP contribution is 2.45. The number of hydrogen-bond acceptors (Lipinski definition) is 2. The Labute approximate surface area is 271 Å². The predicted molar refractivity (Wildman–Crippen MR) is 188 cm³/mol. The quantitative estimate of drug-likeness (QED) is 0.311. The number of hydrogen-bond donors (Lipinski definition) is 2. The van der Waals surface area contributed by atoms with Crippen LogP contribution < -0.4 is 0 Å². The van der Waals surface area contributed by atoms with Crippen LogP contribution >= 0.6 is 0 Å². The zero-order chi connectivity index (χ0) is 32.1. The number of amides is 1. The van der Waals surface area contributed by atoms with Crippen LogP contribution in [0.5, 0.6) is 5.88 Å². The lowest BCUT2D eigenvalue weighted by molar-refractivity contribution is 0.101. The number of nitrogens with one attached hydrogen (secondary N) is 1. The molecule has 4 aliphatic carbocycles. The fourth-order valence-electron chi connectivity index (χ4n) is 7.48. The summed E-state index contributed by atoms with van der Waals surface area (Å²) in [6, 6.07) is 12.7. The molecule has 1 aliphatic heterocycles. The van der Waals surface area contributed by atoms with E-state index < -0.39 is 0 Å². The minimum Gasteiger partial charge on any atom is -0.494 e. The molecule has 8 rings (SSSR count). The standard InChI is InChI=1S/C42H40N2O2/c1-23(2)41(5)15-11-25-19-29-21-27(7-9-31(29)33(25)13-17-41)37-35-36(40(46)43-37)38(44-39(35)45)28-8-10-32-30(22-28)20-26-12-16-42(6,24(3)4)18-14-34(26)32/h7-18,21-24,43,46H,19-20H2,1-6H3. The number of aromatic hydroxyl groups is 1. The summed E-state index contributed by atoms with van der Waals surface area (Å²) in [5, 5.41) is 11.2. The van der Waals surface area contributed by atoms with E-state index in [0.29, 0.717) is 34.4 Å². The number of aliphatic imine (C=N–C) groups is 1. The van der Waals surface area contributed by atoms with Crippen LogP contribution in [0.25, 0.3) is 22.4 Å². The molecule has 4 heteroatoms. The number of aromatic nitrogens is 1. The number of H-pyrrole nitrogens is 1. The van der Waals surface area contributed by atoms with E-state index in [4.69, 9.17) is 0 Å². The molecule has 1 amide bonds. The molecule has 0 spiro atoms. The Morgan fingerprint density at radius 1 is 0.717 bits per heavy atom. The van der Waals surface area contributed by atoms with E-state index in [2.05, 4.69) is 130 Å². The summed E-state index contributed by atoms with van der Waals surface area (Å²) < 4.78 is 0. The molecular formula is C42H40N2O2. The van der Waals surface area contributed by atoms with Gasteiger partial charge in [0.25, 0.3) is 5.91 Å². The van der Waals surface area contributed by atoms with Crippen LogP contribution in [-0.4, -0.2) is 21.7 Å². The van der Waals surface area contributed by atoms with Gasteiger partial charge in [0.1, 0.15) is 0 Å². The minimum atomic E-state index is -0.321.